The number of oxazole rings is 1. The van der Waals surface area contributed by atoms with Gasteiger partial charge >= 0.3 is 0 Å². The molecular formula is C24H19ClN2O4. The quantitative estimate of drug-likeness (QED) is 0.387. The number of nitrogens with one attached hydrogen (secondary N) is 1. The molecular weight excluding hydrogens is 416 g/mol. The molecule has 0 fully saturated rings. The summed E-state index contributed by atoms with van der Waals surface area (Å²) in [5, 5.41) is 3.43. The molecule has 0 aliphatic carbocycles. The van der Waals surface area contributed by atoms with Crippen LogP contribution in [0, 0.1) is 0 Å². The van der Waals surface area contributed by atoms with Crippen LogP contribution in [-0.2, 0) is 4.79 Å². The van der Waals surface area contributed by atoms with Gasteiger partial charge in [-0.2, -0.15) is 0 Å². The van der Waals surface area contributed by atoms with Gasteiger partial charge in [0, 0.05) is 28.4 Å². The van der Waals surface area contributed by atoms with E-state index in [-0.39, 0.29) is 5.91 Å². The van der Waals surface area contributed by atoms with Gasteiger partial charge in [0.1, 0.15) is 5.52 Å². The zero-order chi connectivity index (χ0) is 21.8. The van der Waals surface area contributed by atoms with Crippen LogP contribution >= 0.6 is 11.6 Å². The highest BCUT2D eigenvalue weighted by Gasteiger charge is 2.10. The molecule has 7 heteroatoms. The lowest BCUT2D eigenvalue weighted by Crippen LogP contribution is -2.07. The van der Waals surface area contributed by atoms with E-state index in [9.17, 15) is 4.79 Å². The van der Waals surface area contributed by atoms with Crippen molar-refractivity contribution in [2.24, 2.45) is 0 Å². The van der Waals surface area contributed by atoms with Crippen LogP contribution in [0.4, 0.5) is 5.69 Å². The van der Waals surface area contributed by atoms with Gasteiger partial charge in [0.15, 0.2) is 17.1 Å². The molecule has 0 aliphatic rings. The van der Waals surface area contributed by atoms with Gasteiger partial charge < -0.3 is 19.2 Å². The molecule has 0 bridgehead atoms. The van der Waals surface area contributed by atoms with Gasteiger partial charge in [-0.3, -0.25) is 4.79 Å². The summed E-state index contributed by atoms with van der Waals surface area (Å²) < 4.78 is 16.3. The van der Waals surface area contributed by atoms with Crippen LogP contribution in [-0.4, -0.2) is 25.1 Å². The molecule has 31 heavy (non-hydrogen) atoms. The van der Waals surface area contributed by atoms with Crippen LogP contribution in [0.5, 0.6) is 11.5 Å². The average molecular weight is 435 g/mol. The number of methoxy groups -OCH3 is 2. The normalized spacial score (nSPS) is 11.1. The van der Waals surface area contributed by atoms with Crippen molar-refractivity contribution in [2.45, 2.75) is 0 Å². The third-order valence-electron chi connectivity index (χ3n) is 4.56. The van der Waals surface area contributed by atoms with Crippen molar-refractivity contribution in [1.82, 2.24) is 4.98 Å². The Bertz CT molecular complexity index is 1280. The molecule has 6 nitrogen and oxygen atoms in total. The summed E-state index contributed by atoms with van der Waals surface area (Å²) in [5.74, 6) is 1.41. The Hall–Kier alpha value is -3.77. The number of anilines is 1. The first-order chi connectivity index (χ1) is 15.1. The number of hydrogen-bond acceptors (Lipinski definition) is 5. The maximum Gasteiger partial charge on any atom is 0.248 e. The SMILES string of the molecule is COc1ccc(/C=C/C(=O)Nc2ccc3nc(-c4cccc(Cl)c4)oc3c2)cc1OC. The van der Waals surface area contributed by atoms with Crippen molar-refractivity contribution in [3.05, 3.63) is 77.3 Å². The minimum atomic E-state index is -0.274. The lowest BCUT2D eigenvalue weighted by molar-refractivity contribution is -0.111. The Morgan fingerprint density at radius 2 is 1.87 bits per heavy atom. The first kappa shape index (κ1) is 20.5. The largest absolute Gasteiger partial charge is 0.493 e. The molecule has 0 radical (unpaired) electrons. The topological polar surface area (TPSA) is 73.6 Å². The Balaban J connectivity index is 1.49. The number of carbonyl (C=O) groups excluding carboxylic acids is 1. The Kier molecular flexibility index (Phi) is 5.91. The number of nitrogens with zero attached hydrogens (tertiary/aromatic N) is 1. The second-order valence-electron chi connectivity index (χ2n) is 6.65. The second kappa shape index (κ2) is 8.93. The number of hydrogen-bond donors (Lipinski definition) is 1. The third kappa shape index (κ3) is 4.70. The van der Waals surface area contributed by atoms with Crippen molar-refractivity contribution >= 4 is 40.4 Å². The number of benzene rings is 3. The predicted octanol–water partition coefficient (Wildman–Crippen LogP) is 5.82. The summed E-state index contributed by atoms with van der Waals surface area (Å²) in [7, 11) is 3.14. The fourth-order valence-electron chi connectivity index (χ4n) is 3.06. The predicted molar refractivity (Wildman–Crippen MR) is 122 cm³/mol. The maximum atomic E-state index is 12.3. The van der Waals surface area contributed by atoms with Gasteiger partial charge in [-0.25, -0.2) is 4.98 Å². The molecule has 0 saturated heterocycles. The van der Waals surface area contributed by atoms with Gasteiger partial charge in [-0.05, 0) is 54.1 Å². The van der Waals surface area contributed by atoms with E-state index in [1.807, 2.05) is 18.2 Å². The number of amides is 1. The molecule has 0 spiro atoms. The summed E-state index contributed by atoms with van der Waals surface area (Å²) in [6.07, 6.45) is 3.14. The highest BCUT2D eigenvalue weighted by Crippen LogP contribution is 2.29. The molecule has 3 aromatic carbocycles. The first-order valence-corrected chi connectivity index (χ1v) is 9.81. The van der Waals surface area contributed by atoms with Crippen molar-refractivity contribution < 1.29 is 18.7 Å². The standard InChI is InChI=1S/C24H19ClN2O4/c1-29-20-10-6-15(12-22(20)30-2)7-11-23(28)26-18-8-9-19-21(14-18)31-24(27-19)16-4-3-5-17(25)13-16/h3-14H,1-2H3,(H,26,28)/b11-7+. The van der Waals surface area contributed by atoms with Gasteiger partial charge in [0.05, 0.1) is 14.2 Å². The smallest absolute Gasteiger partial charge is 0.248 e. The van der Waals surface area contributed by atoms with Crippen LogP contribution in [0.25, 0.3) is 28.6 Å². The fourth-order valence-corrected chi connectivity index (χ4v) is 3.25. The zero-order valence-corrected chi connectivity index (χ0v) is 17.6. The zero-order valence-electron chi connectivity index (χ0n) is 16.9. The van der Waals surface area contributed by atoms with Crippen molar-refractivity contribution in [3.8, 4) is 23.0 Å². The molecule has 0 aliphatic heterocycles. The van der Waals surface area contributed by atoms with Crippen LogP contribution in [0.1, 0.15) is 5.56 Å². The summed E-state index contributed by atoms with van der Waals surface area (Å²) >= 11 is 6.05. The van der Waals surface area contributed by atoms with Crippen molar-refractivity contribution in [2.75, 3.05) is 19.5 Å². The van der Waals surface area contributed by atoms with E-state index in [2.05, 4.69) is 10.3 Å². The molecule has 4 rings (SSSR count). The van der Waals surface area contributed by atoms with Crippen LogP contribution < -0.4 is 14.8 Å². The number of ether oxygens (including phenoxy) is 2. The molecule has 1 amide bonds. The van der Waals surface area contributed by atoms with Gasteiger partial charge in [0.25, 0.3) is 0 Å². The number of fused-ring (bicyclic) bond motifs is 1. The summed E-state index contributed by atoms with van der Waals surface area (Å²) in [6, 6.07) is 18.0. The second-order valence-corrected chi connectivity index (χ2v) is 7.09. The van der Waals surface area contributed by atoms with E-state index in [1.165, 1.54) is 6.08 Å². The monoisotopic (exact) mass is 434 g/mol. The number of carbonyl (C=O) groups is 1. The van der Waals surface area contributed by atoms with Gasteiger partial charge in [0.2, 0.25) is 11.8 Å². The molecule has 0 unspecified atom stereocenters. The van der Waals surface area contributed by atoms with E-state index >= 15 is 0 Å². The lowest BCUT2D eigenvalue weighted by Gasteiger charge is -2.07. The molecule has 156 valence electrons. The van der Waals surface area contributed by atoms with Crippen molar-refractivity contribution in [1.29, 1.82) is 0 Å². The molecule has 0 saturated carbocycles. The molecule has 1 aromatic heterocycles. The van der Waals surface area contributed by atoms with E-state index in [0.29, 0.717) is 39.2 Å². The minimum absolute atomic E-state index is 0.274. The molecule has 1 N–H and O–H groups in total. The highest BCUT2D eigenvalue weighted by molar-refractivity contribution is 6.30. The summed E-state index contributed by atoms with van der Waals surface area (Å²) in [6.45, 7) is 0. The third-order valence-corrected chi connectivity index (χ3v) is 4.80. The molecule has 4 aromatic rings. The fraction of sp³-hybridized carbons (Fsp3) is 0.0833. The Morgan fingerprint density at radius 1 is 1.03 bits per heavy atom. The van der Waals surface area contributed by atoms with E-state index in [4.69, 9.17) is 25.5 Å². The molecule has 0 atom stereocenters. The van der Waals surface area contributed by atoms with Gasteiger partial charge in [-0.15, -0.1) is 0 Å². The van der Waals surface area contributed by atoms with E-state index < -0.39 is 0 Å². The van der Waals surface area contributed by atoms with E-state index in [1.54, 1.807) is 62.8 Å². The first-order valence-electron chi connectivity index (χ1n) is 9.43. The average Bonchev–Trinajstić information content (AvgIpc) is 3.21. The van der Waals surface area contributed by atoms with Crippen LogP contribution in [0.15, 0.2) is 71.2 Å². The maximum absolute atomic E-state index is 12.3. The summed E-state index contributed by atoms with van der Waals surface area (Å²) in [4.78, 5) is 16.8. The Morgan fingerprint density at radius 3 is 2.65 bits per heavy atom. The Labute approximate surface area is 184 Å². The number of aromatic nitrogens is 1. The molecule has 1 heterocycles. The lowest BCUT2D eigenvalue weighted by atomic mass is 10.2. The van der Waals surface area contributed by atoms with Gasteiger partial charge in [-0.1, -0.05) is 23.7 Å². The highest BCUT2D eigenvalue weighted by atomic mass is 35.5. The number of rotatable bonds is 6. The minimum Gasteiger partial charge on any atom is -0.493 e. The van der Waals surface area contributed by atoms with E-state index in [0.717, 1.165) is 11.1 Å². The van der Waals surface area contributed by atoms with Crippen LogP contribution in [0.3, 0.4) is 0 Å². The van der Waals surface area contributed by atoms with Crippen LogP contribution in [0.2, 0.25) is 5.02 Å². The number of halogens is 1. The summed E-state index contributed by atoms with van der Waals surface area (Å²) in [5.41, 5.74) is 3.45. The van der Waals surface area contributed by atoms with Crippen molar-refractivity contribution in [3.63, 3.8) is 0 Å².